The van der Waals surface area contributed by atoms with Gasteiger partial charge in [0, 0.05) is 0 Å². The average Bonchev–Trinajstić information content (AvgIpc) is 3.24. The van der Waals surface area contributed by atoms with E-state index in [9.17, 15) is 0 Å². The van der Waals surface area contributed by atoms with Gasteiger partial charge in [-0.3, -0.25) is 0 Å². The Bertz CT molecular complexity index is 1180. The number of nitrogens with zero attached hydrogens (tertiary/aromatic N) is 2. The zero-order valence-electron chi connectivity index (χ0n) is 18.2. The van der Waals surface area contributed by atoms with Crippen LogP contribution in [0.4, 0.5) is 0 Å². The van der Waals surface area contributed by atoms with E-state index in [1.165, 1.54) is 15.9 Å². The summed E-state index contributed by atoms with van der Waals surface area (Å²) in [6.07, 6.45) is 3.05. The maximum absolute atomic E-state index is 5.14. The first-order chi connectivity index (χ1) is 15.8. The molecular weight excluding hydrogens is 407 g/mol. The Morgan fingerprint density at radius 2 is 1.00 bits per heavy atom. The summed E-state index contributed by atoms with van der Waals surface area (Å²) in [6.45, 7) is 0. The van der Waals surface area contributed by atoms with Crippen molar-refractivity contribution < 1.29 is 0 Å². The number of hydrogen-bond donors (Lipinski definition) is 0. The van der Waals surface area contributed by atoms with Crippen LogP contribution in [0, 0.1) is 0 Å². The minimum absolute atomic E-state index is 0.897. The third kappa shape index (κ3) is 3.79. The molecule has 0 bridgehead atoms. The molecule has 0 spiro atoms. The molecule has 0 atom stereocenters. The molecule has 1 heterocycles. The zero-order chi connectivity index (χ0) is 21.8. The number of aryl methyl sites for hydroxylation is 1. The first-order valence-electron chi connectivity index (χ1n) is 11.0. The van der Waals surface area contributed by atoms with Crippen LogP contribution in [0.25, 0.3) is 11.3 Å². The standard InChI is InChI=1S/C29H27N2P/c1-31-22-28(24-14-6-2-7-15-24)30-29(31)23-32(25-16-8-3-9-17-25,26-18-10-4-11-19-26)27-20-12-5-13-21-27/h2-22,32H,23H2,1H3. The third-order valence-electron chi connectivity index (χ3n) is 6.27. The Kier molecular flexibility index (Phi) is 5.71. The second kappa shape index (κ2) is 8.94. The normalized spacial score (nSPS) is 11.9. The van der Waals surface area contributed by atoms with E-state index in [4.69, 9.17) is 4.98 Å². The van der Waals surface area contributed by atoms with Crippen LogP contribution in [-0.4, -0.2) is 9.55 Å². The molecule has 2 nitrogen and oxygen atoms in total. The first-order valence-corrected chi connectivity index (χ1v) is 13.2. The Morgan fingerprint density at radius 1 is 0.594 bits per heavy atom. The van der Waals surface area contributed by atoms with Crippen molar-refractivity contribution in [1.82, 2.24) is 9.55 Å². The fourth-order valence-electron chi connectivity index (χ4n) is 4.63. The van der Waals surface area contributed by atoms with Crippen molar-refractivity contribution in [2.24, 2.45) is 7.05 Å². The maximum atomic E-state index is 5.14. The van der Waals surface area contributed by atoms with Crippen LogP contribution in [0.15, 0.2) is 128 Å². The van der Waals surface area contributed by atoms with Crippen LogP contribution < -0.4 is 15.9 Å². The van der Waals surface area contributed by atoms with Crippen LogP contribution in [0.1, 0.15) is 5.82 Å². The summed E-state index contributed by atoms with van der Waals surface area (Å²) < 4.78 is 2.21. The number of aromatic nitrogens is 2. The van der Waals surface area contributed by atoms with Crippen molar-refractivity contribution >= 4 is 23.2 Å². The zero-order valence-corrected chi connectivity index (χ0v) is 19.2. The van der Waals surface area contributed by atoms with Gasteiger partial charge in [0.05, 0.1) is 0 Å². The summed E-state index contributed by atoms with van der Waals surface area (Å²) in [6, 6.07) is 43.5. The van der Waals surface area contributed by atoms with Gasteiger partial charge in [0.25, 0.3) is 0 Å². The molecule has 0 aliphatic rings. The van der Waals surface area contributed by atoms with Gasteiger partial charge in [0.2, 0.25) is 0 Å². The predicted octanol–water partition coefficient (Wildman–Crippen LogP) is 5.31. The van der Waals surface area contributed by atoms with Gasteiger partial charge in [-0.2, -0.15) is 0 Å². The van der Waals surface area contributed by atoms with Crippen LogP contribution >= 0.6 is 7.26 Å². The summed E-state index contributed by atoms with van der Waals surface area (Å²) in [5.41, 5.74) is 2.18. The number of rotatable bonds is 6. The van der Waals surface area contributed by atoms with Gasteiger partial charge in [-0.1, -0.05) is 0 Å². The molecule has 32 heavy (non-hydrogen) atoms. The Labute approximate surface area is 190 Å². The molecule has 0 unspecified atom stereocenters. The monoisotopic (exact) mass is 434 g/mol. The van der Waals surface area contributed by atoms with Crippen LogP contribution in [0.2, 0.25) is 0 Å². The van der Waals surface area contributed by atoms with Crippen molar-refractivity contribution in [3.05, 3.63) is 133 Å². The van der Waals surface area contributed by atoms with Crippen molar-refractivity contribution in [2.45, 2.75) is 6.16 Å². The molecule has 0 N–H and O–H groups in total. The molecule has 0 amide bonds. The molecule has 0 saturated carbocycles. The molecule has 0 saturated heterocycles. The van der Waals surface area contributed by atoms with E-state index in [0.717, 1.165) is 23.2 Å². The van der Waals surface area contributed by atoms with Crippen LogP contribution in [0.3, 0.4) is 0 Å². The predicted molar refractivity (Wildman–Crippen MR) is 139 cm³/mol. The second-order valence-corrected chi connectivity index (χ2v) is 12.1. The van der Waals surface area contributed by atoms with E-state index in [1.807, 2.05) is 6.07 Å². The summed E-state index contributed by atoms with van der Waals surface area (Å²) in [4.78, 5) is 5.14. The quantitative estimate of drug-likeness (QED) is 0.331. The van der Waals surface area contributed by atoms with E-state index in [0.29, 0.717) is 0 Å². The van der Waals surface area contributed by atoms with E-state index in [2.05, 4.69) is 133 Å². The van der Waals surface area contributed by atoms with Crippen LogP contribution in [0.5, 0.6) is 0 Å². The van der Waals surface area contributed by atoms with Gasteiger partial charge >= 0.3 is 191 Å². The Hall–Kier alpha value is -3.48. The molecule has 0 aliphatic carbocycles. The number of benzene rings is 4. The van der Waals surface area contributed by atoms with Crippen molar-refractivity contribution in [2.75, 3.05) is 0 Å². The van der Waals surface area contributed by atoms with Gasteiger partial charge in [0.15, 0.2) is 0 Å². The van der Waals surface area contributed by atoms with Gasteiger partial charge in [-0.15, -0.1) is 0 Å². The Balaban J connectivity index is 1.72. The molecule has 158 valence electrons. The fraction of sp³-hybridized carbons (Fsp3) is 0.0690. The van der Waals surface area contributed by atoms with E-state index >= 15 is 0 Å². The molecular formula is C29H27N2P. The summed E-state index contributed by atoms with van der Waals surface area (Å²) in [5.74, 6) is 1.12. The molecule has 5 aromatic rings. The molecule has 1 aromatic heterocycles. The van der Waals surface area contributed by atoms with Gasteiger partial charge < -0.3 is 0 Å². The third-order valence-corrected chi connectivity index (χ3v) is 11.1. The molecule has 5 rings (SSSR count). The van der Waals surface area contributed by atoms with Gasteiger partial charge in [-0.25, -0.2) is 0 Å². The minimum atomic E-state index is -2.37. The van der Waals surface area contributed by atoms with Crippen LogP contribution in [-0.2, 0) is 13.2 Å². The molecule has 0 radical (unpaired) electrons. The fourth-order valence-corrected chi connectivity index (χ4v) is 9.33. The second-order valence-electron chi connectivity index (χ2n) is 8.20. The van der Waals surface area contributed by atoms with Gasteiger partial charge in [-0.05, 0) is 0 Å². The van der Waals surface area contributed by atoms with Gasteiger partial charge in [0.1, 0.15) is 0 Å². The molecule has 3 heteroatoms. The SMILES string of the molecule is Cn1cc(-c2ccccc2)nc1C[PH](c1ccccc1)(c1ccccc1)c1ccccc1. The topological polar surface area (TPSA) is 17.8 Å². The van der Waals surface area contributed by atoms with E-state index in [1.54, 1.807) is 0 Å². The van der Waals surface area contributed by atoms with E-state index < -0.39 is 7.26 Å². The van der Waals surface area contributed by atoms with E-state index in [-0.39, 0.29) is 0 Å². The number of imidazole rings is 1. The van der Waals surface area contributed by atoms with Crippen molar-refractivity contribution in [3.8, 4) is 11.3 Å². The molecule has 0 aliphatic heterocycles. The molecule has 4 aromatic carbocycles. The average molecular weight is 435 g/mol. The first kappa shape index (κ1) is 20.4. The van der Waals surface area contributed by atoms with Crippen molar-refractivity contribution in [3.63, 3.8) is 0 Å². The summed E-state index contributed by atoms with van der Waals surface area (Å²) >= 11 is 0. The molecule has 0 fully saturated rings. The number of hydrogen-bond acceptors (Lipinski definition) is 1. The summed E-state index contributed by atoms with van der Waals surface area (Å²) in [5, 5.41) is 4.21. The Morgan fingerprint density at radius 3 is 1.44 bits per heavy atom. The van der Waals surface area contributed by atoms with Crippen molar-refractivity contribution in [1.29, 1.82) is 0 Å². The summed E-state index contributed by atoms with van der Waals surface area (Å²) in [7, 11) is -0.247.